The lowest BCUT2D eigenvalue weighted by Gasteiger charge is -2.16. The van der Waals surface area contributed by atoms with Crippen LogP contribution in [0.2, 0.25) is 0 Å². The largest absolute Gasteiger partial charge is 0.302 e. The van der Waals surface area contributed by atoms with Crippen molar-refractivity contribution < 1.29 is 0 Å². The predicted octanol–water partition coefficient (Wildman–Crippen LogP) is 1.49. The smallest absolute Gasteiger partial charge is 0.0571 e. The fraction of sp³-hybridized carbons (Fsp3) is 0.875. The van der Waals surface area contributed by atoms with Crippen LogP contribution in [0.3, 0.4) is 0 Å². The van der Waals surface area contributed by atoms with Crippen molar-refractivity contribution in [1.82, 2.24) is 10.6 Å². The molecule has 2 N–H and O–H groups in total. The molecule has 10 heavy (non-hydrogen) atoms. The molecule has 2 nitrogen and oxygen atoms in total. The highest BCUT2D eigenvalue weighted by Gasteiger charge is 1.99. The summed E-state index contributed by atoms with van der Waals surface area (Å²) in [5.41, 5.74) is 0. The van der Waals surface area contributed by atoms with Gasteiger partial charge in [0.15, 0.2) is 0 Å². The van der Waals surface area contributed by atoms with Crippen LogP contribution in [0.25, 0.3) is 0 Å². The third kappa shape index (κ3) is 4.77. The number of hydrogen-bond acceptors (Lipinski definition) is 2. The fourth-order valence-electron chi connectivity index (χ4n) is 0.828. The van der Waals surface area contributed by atoms with Crippen molar-refractivity contribution in [3.63, 3.8) is 0 Å². The van der Waals surface area contributed by atoms with E-state index in [4.69, 9.17) is 0 Å². The molecule has 0 amide bonds. The SMILES string of the molecule is CC[CH]NC(CC)NCC. The molecule has 0 heterocycles. The normalized spacial score (nSPS) is 13.5. The Kier molecular flexibility index (Phi) is 6.98. The van der Waals surface area contributed by atoms with Crippen molar-refractivity contribution in [3.8, 4) is 0 Å². The van der Waals surface area contributed by atoms with Gasteiger partial charge in [0.2, 0.25) is 0 Å². The van der Waals surface area contributed by atoms with Gasteiger partial charge in [-0.2, -0.15) is 0 Å². The predicted molar refractivity (Wildman–Crippen MR) is 45.5 cm³/mol. The minimum atomic E-state index is 0.463. The monoisotopic (exact) mass is 143 g/mol. The van der Waals surface area contributed by atoms with Gasteiger partial charge in [-0.05, 0) is 19.4 Å². The van der Waals surface area contributed by atoms with Crippen LogP contribution in [0.5, 0.6) is 0 Å². The second-order valence-electron chi connectivity index (χ2n) is 2.30. The van der Waals surface area contributed by atoms with Crippen LogP contribution in [-0.4, -0.2) is 12.7 Å². The van der Waals surface area contributed by atoms with Gasteiger partial charge >= 0.3 is 0 Å². The highest BCUT2D eigenvalue weighted by Crippen LogP contribution is 1.87. The molecule has 0 saturated carbocycles. The van der Waals surface area contributed by atoms with Crippen LogP contribution < -0.4 is 10.6 Å². The minimum absolute atomic E-state index is 0.463. The van der Waals surface area contributed by atoms with Crippen LogP contribution in [-0.2, 0) is 0 Å². The third-order valence-electron chi connectivity index (χ3n) is 1.38. The van der Waals surface area contributed by atoms with Crippen LogP contribution in [0, 0.1) is 6.54 Å². The van der Waals surface area contributed by atoms with Crippen LogP contribution in [0.15, 0.2) is 0 Å². The van der Waals surface area contributed by atoms with Crippen molar-refractivity contribution in [2.45, 2.75) is 39.8 Å². The second-order valence-corrected chi connectivity index (χ2v) is 2.30. The average Bonchev–Trinajstić information content (AvgIpc) is 1.98. The average molecular weight is 143 g/mol. The summed E-state index contributed by atoms with van der Waals surface area (Å²) >= 11 is 0. The summed E-state index contributed by atoms with van der Waals surface area (Å²) in [6.07, 6.45) is 2.68. The zero-order valence-electron chi connectivity index (χ0n) is 7.28. The molecule has 61 valence electrons. The van der Waals surface area contributed by atoms with Crippen LogP contribution in [0.4, 0.5) is 0 Å². The number of nitrogens with one attached hydrogen (secondary N) is 2. The van der Waals surface area contributed by atoms with Crippen molar-refractivity contribution in [1.29, 1.82) is 0 Å². The Labute approximate surface area is 64.4 Å². The molecule has 0 aliphatic heterocycles. The molecule has 0 saturated heterocycles. The molecule has 0 fully saturated rings. The van der Waals surface area contributed by atoms with Gasteiger partial charge in [-0.1, -0.05) is 20.8 Å². The zero-order chi connectivity index (χ0) is 7.82. The maximum atomic E-state index is 3.32. The Morgan fingerprint density at radius 1 is 1.30 bits per heavy atom. The van der Waals surface area contributed by atoms with Gasteiger partial charge in [0, 0.05) is 6.54 Å². The summed E-state index contributed by atoms with van der Waals surface area (Å²) in [4.78, 5) is 0. The summed E-state index contributed by atoms with van der Waals surface area (Å²) in [6.45, 7) is 9.55. The standard InChI is InChI=1S/C8H19N2/c1-4-7-10-8(5-2)9-6-3/h7-10H,4-6H2,1-3H3. The maximum Gasteiger partial charge on any atom is 0.0571 e. The van der Waals surface area contributed by atoms with Gasteiger partial charge in [-0.15, -0.1) is 0 Å². The van der Waals surface area contributed by atoms with E-state index in [0.29, 0.717) is 6.17 Å². The molecule has 0 aromatic carbocycles. The lowest BCUT2D eigenvalue weighted by molar-refractivity contribution is 0.450. The first kappa shape index (κ1) is 9.92. The van der Waals surface area contributed by atoms with Gasteiger partial charge in [0.1, 0.15) is 0 Å². The Morgan fingerprint density at radius 3 is 2.40 bits per heavy atom. The Bertz CT molecular complexity index is 64.3. The van der Waals surface area contributed by atoms with E-state index in [-0.39, 0.29) is 0 Å². The summed E-state index contributed by atoms with van der Waals surface area (Å²) < 4.78 is 0. The number of hydrogen-bond donors (Lipinski definition) is 2. The Balaban J connectivity index is 3.21. The van der Waals surface area contributed by atoms with E-state index in [9.17, 15) is 0 Å². The van der Waals surface area contributed by atoms with E-state index < -0.39 is 0 Å². The molecule has 1 unspecified atom stereocenters. The Hall–Kier alpha value is -0.0800. The molecule has 0 aromatic heterocycles. The summed E-state index contributed by atoms with van der Waals surface area (Å²) in [7, 11) is 0. The van der Waals surface area contributed by atoms with E-state index in [1.165, 1.54) is 0 Å². The maximum absolute atomic E-state index is 3.32. The first-order valence-electron chi connectivity index (χ1n) is 4.16. The van der Waals surface area contributed by atoms with Gasteiger partial charge < -0.3 is 5.32 Å². The molecule has 0 aromatic rings. The summed E-state index contributed by atoms with van der Waals surface area (Å²) in [5.74, 6) is 0. The van der Waals surface area contributed by atoms with Crippen LogP contribution >= 0.6 is 0 Å². The van der Waals surface area contributed by atoms with E-state index in [1.54, 1.807) is 0 Å². The Morgan fingerprint density at radius 2 is 2.00 bits per heavy atom. The quantitative estimate of drug-likeness (QED) is 0.550. The summed E-state index contributed by atoms with van der Waals surface area (Å²) in [5, 5.41) is 6.61. The molecule has 0 bridgehead atoms. The van der Waals surface area contributed by atoms with Crippen molar-refractivity contribution >= 4 is 0 Å². The lowest BCUT2D eigenvalue weighted by atomic mass is 10.3. The highest BCUT2D eigenvalue weighted by atomic mass is 15.1. The molecule has 0 aliphatic rings. The molecular weight excluding hydrogens is 124 g/mol. The molecule has 0 rings (SSSR count). The lowest BCUT2D eigenvalue weighted by Crippen LogP contribution is -2.40. The molecule has 1 radical (unpaired) electrons. The minimum Gasteiger partial charge on any atom is -0.302 e. The second kappa shape index (κ2) is 7.03. The van der Waals surface area contributed by atoms with Gasteiger partial charge in [0.05, 0.1) is 6.17 Å². The highest BCUT2D eigenvalue weighted by molar-refractivity contribution is 4.67. The zero-order valence-corrected chi connectivity index (χ0v) is 7.28. The van der Waals surface area contributed by atoms with Crippen molar-refractivity contribution in [2.75, 3.05) is 6.54 Å². The van der Waals surface area contributed by atoms with Crippen molar-refractivity contribution in [3.05, 3.63) is 6.54 Å². The van der Waals surface area contributed by atoms with E-state index >= 15 is 0 Å². The van der Waals surface area contributed by atoms with E-state index in [1.807, 2.05) is 0 Å². The third-order valence-corrected chi connectivity index (χ3v) is 1.38. The van der Waals surface area contributed by atoms with Crippen molar-refractivity contribution in [2.24, 2.45) is 0 Å². The van der Waals surface area contributed by atoms with Gasteiger partial charge in [0.25, 0.3) is 0 Å². The van der Waals surface area contributed by atoms with Crippen LogP contribution in [0.1, 0.15) is 33.6 Å². The molecule has 0 aliphatic carbocycles. The molecule has 1 atom stereocenters. The van der Waals surface area contributed by atoms with Gasteiger partial charge in [-0.3, -0.25) is 5.32 Å². The van der Waals surface area contributed by atoms with E-state index in [2.05, 4.69) is 37.9 Å². The first-order chi connectivity index (χ1) is 4.85. The summed E-state index contributed by atoms with van der Waals surface area (Å²) in [6, 6.07) is 0. The van der Waals surface area contributed by atoms with Gasteiger partial charge in [-0.25, -0.2) is 0 Å². The molecule has 0 spiro atoms. The first-order valence-corrected chi connectivity index (χ1v) is 4.16. The number of rotatable bonds is 6. The van der Waals surface area contributed by atoms with E-state index in [0.717, 1.165) is 19.4 Å². The topological polar surface area (TPSA) is 24.1 Å². The molecule has 2 heteroatoms. The molecular formula is C8H19N2. The fourth-order valence-corrected chi connectivity index (χ4v) is 0.828.